The molecule has 0 bridgehead atoms. The number of likely N-dealkylation sites (tertiary alicyclic amines) is 1. The zero-order valence-corrected chi connectivity index (χ0v) is 25.8. The number of amides is 3. The summed E-state index contributed by atoms with van der Waals surface area (Å²) in [5.41, 5.74) is 1.39. The van der Waals surface area contributed by atoms with E-state index >= 15 is 0 Å². The summed E-state index contributed by atoms with van der Waals surface area (Å²) in [5.74, 6) is -0.00381. The van der Waals surface area contributed by atoms with Crippen molar-refractivity contribution in [3.05, 3.63) is 66.2 Å². The van der Waals surface area contributed by atoms with Crippen LogP contribution in [0.5, 0.6) is 0 Å². The molecular formula is C34H48N6O3. The summed E-state index contributed by atoms with van der Waals surface area (Å²) in [6.45, 7) is 10.9. The summed E-state index contributed by atoms with van der Waals surface area (Å²) in [6, 6.07) is 19.5. The number of carbonyl (C=O) groups is 3. The molecule has 1 spiro atoms. The highest BCUT2D eigenvalue weighted by atomic mass is 16.2. The summed E-state index contributed by atoms with van der Waals surface area (Å²) in [7, 11) is 0. The Morgan fingerprint density at radius 3 is 2.23 bits per heavy atom. The molecule has 0 saturated carbocycles. The molecule has 0 aliphatic carbocycles. The number of hydrogen-bond donors (Lipinski definition) is 2. The normalized spacial score (nSPS) is 19.7. The molecular weight excluding hydrogens is 540 g/mol. The van der Waals surface area contributed by atoms with Gasteiger partial charge in [0.05, 0.1) is 6.67 Å². The van der Waals surface area contributed by atoms with Crippen LogP contribution in [-0.4, -0.2) is 103 Å². The number of rotatable bonds is 11. The van der Waals surface area contributed by atoms with Gasteiger partial charge in [-0.25, -0.2) is 0 Å². The van der Waals surface area contributed by atoms with Crippen molar-refractivity contribution in [2.24, 2.45) is 5.92 Å². The molecule has 1 atom stereocenters. The summed E-state index contributed by atoms with van der Waals surface area (Å²) in [6.07, 6.45) is 3.15. The fourth-order valence-corrected chi connectivity index (χ4v) is 6.92. The molecule has 3 aliphatic rings. The van der Waals surface area contributed by atoms with Crippen molar-refractivity contribution < 1.29 is 14.4 Å². The molecule has 9 nitrogen and oxygen atoms in total. The van der Waals surface area contributed by atoms with E-state index < -0.39 is 11.6 Å². The van der Waals surface area contributed by atoms with E-state index in [2.05, 4.69) is 46.4 Å². The van der Waals surface area contributed by atoms with E-state index in [1.807, 2.05) is 58.3 Å². The van der Waals surface area contributed by atoms with Crippen LogP contribution >= 0.6 is 0 Å². The van der Waals surface area contributed by atoms with Crippen LogP contribution in [0.3, 0.4) is 0 Å². The van der Waals surface area contributed by atoms with Crippen LogP contribution in [0.25, 0.3) is 0 Å². The first-order valence-corrected chi connectivity index (χ1v) is 16.1. The molecule has 1 unspecified atom stereocenters. The molecule has 2 aromatic rings. The third kappa shape index (κ3) is 7.04. The number of likely N-dealkylation sites (N-methyl/N-ethyl adjacent to an activating group) is 1. The molecule has 2 aromatic carbocycles. The number of nitrogens with zero attached hydrogens (tertiary/aromatic N) is 4. The Hall–Kier alpha value is -3.43. The zero-order chi connectivity index (χ0) is 30.2. The topological polar surface area (TPSA) is 88.2 Å². The van der Waals surface area contributed by atoms with Gasteiger partial charge in [0.1, 0.15) is 11.6 Å². The first-order chi connectivity index (χ1) is 20.9. The van der Waals surface area contributed by atoms with Crippen molar-refractivity contribution in [1.82, 2.24) is 25.3 Å². The predicted octanol–water partition coefficient (Wildman–Crippen LogP) is 2.72. The van der Waals surface area contributed by atoms with Crippen molar-refractivity contribution in [3.8, 4) is 0 Å². The van der Waals surface area contributed by atoms with Crippen LogP contribution < -0.4 is 15.5 Å². The van der Waals surface area contributed by atoms with Gasteiger partial charge in [-0.05, 0) is 69.6 Å². The molecule has 2 N–H and O–H groups in total. The average molecular weight is 589 g/mol. The van der Waals surface area contributed by atoms with Gasteiger partial charge in [-0.3, -0.25) is 14.4 Å². The van der Waals surface area contributed by atoms with Gasteiger partial charge in [0.15, 0.2) is 0 Å². The number of piperidine rings is 2. The molecule has 3 amide bonds. The van der Waals surface area contributed by atoms with E-state index in [0.717, 1.165) is 56.8 Å². The third-order valence-electron chi connectivity index (χ3n) is 9.67. The lowest BCUT2D eigenvalue weighted by Gasteiger charge is -2.44. The van der Waals surface area contributed by atoms with Gasteiger partial charge in [-0.15, -0.1) is 0 Å². The van der Waals surface area contributed by atoms with Crippen molar-refractivity contribution in [2.45, 2.75) is 57.5 Å². The molecule has 43 heavy (non-hydrogen) atoms. The Morgan fingerprint density at radius 2 is 1.60 bits per heavy atom. The van der Waals surface area contributed by atoms with Crippen LogP contribution in [0, 0.1) is 5.92 Å². The highest BCUT2D eigenvalue weighted by Crippen LogP contribution is 2.39. The standard InChI is InChI=1S/C34H48N6O3/c1-3-37(4-2)23-24-39-26-40(29-13-9-6-10-14-29)34(33(39)43)17-21-38(22-18-34)32(42)30(25-27-11-7-5-8-12-27)36-31(41)28-15-19-35-20-16-28/h5-14,28,30,35H,3-4,15-26H2,1-2H3,(H,36,41). The second kappa shape index (κ2) is 14.4. The Kier molecular flexibility index (Phi) is 10.4. The number of nitrogens with one attached hydrogen (secondary N) is 2. The Balaban J connectivity index is 1.31. The smallest absolute Gasteiger partial charge is 0.250 e. The first-order valence-electron chi connectivity index (χ1n) is 16.1. The lowest BCUT2D eigenvalue weighted by atomic mass is 9.85. The van der Waals surface area contributed by atoms with Gasteiger partial charge in [-0.1, -0.05) is 62.4 Å². The summed E-state index contributed by atoms with van der Waals surface area (Å²) in [5, 5.41) is 6.44. The Bertz CT molecular complexity index is 1210. The lowest BCUT2D eigenvalue weighted by molar-refractivity contribution is -0.141. The number of carbonyl (C=O) groups excluding carboxylic acids is 3. The van der Waals surface area contributed by atoms with Gasteiger partial charge < -0.3 is 30.2 Å². The summed E-state index contributed by atoms with van der Waals surface area (Å²) < 4.78 is 0. The van der Waals surface area contributed by atoms with Crippen LogP contribution in [0.4, 0.5) is 5.69 Å². The molecule has 3 aliphatic heterocycles. The Labute approximate surface area is 256 Å². The number of para-hydroxylation sites is 1. The fourth-order valence-electron chi connectivity index (χ4n) is 6.92. The highest BCUT2D eigenvalue weighted by Gasteiger charge is 2.54. The maximum Gasteiger partial charge on any atom is 0.250 e. The number of hydrogen-bond acceptors (Lipinski definition) is 6. The minimum absolute atomic E-state index is 0.0330. The lowest BCUT2D eigenvalue weighted by Crippen LogP contribution is -2.60. The molecule has 3 saturated heterocycles. The molecule has 232 valence electrons. The summed E-state index contributed by atoms with van der Waals surface area (Å²) >= 11 is 0. The monoisotopic (exact) mass is 588 g/mol. The first kappa shape index (κ1) is 31.0. The minimum Gasteiger partial charge on any atom is -0.344 e. The van der Waals surface area contributed by atoms with Crippen molar-refractivity contribution in [2.75, 3.05) is 63.9 Å². The van der Waals surface area contributed by atoms with Gasteiger partial charge in [0.2, 0.25) is 17.7 Å². The number of anilines is 1. The van der Waals surface area contributed by atoms with Crippen LogP contribution in [0.2, 0.25) is 0 Å². The molecule has 3 heterocycles. The van der Waals surface area contributed by atoms with Gasteiger partial charge in [0.25, 0.3) is 0 Å². The molecule has 5 rings (SSSR count). The van der Waals surface area contributed by atoms with Gasteiger partial charge in [-0.2, -0.15) is 0 Å². The third-order valence-corrected chi connectivity index (χ3v) is 9.67. The van der Waals surface area contributed by atoms with Crippen LogP contribution in [-0.2, 0) is 20.8 Å². The molecule has 9 heteroatoms. The van der Waals surface area contributed by atoms with Gasteiger partial charge >= 0.3 is 0 Å². The fraction of sp³-hybridized carbons (Fsp3) is 0.559. The van der Waals surface area contributed by atoms with Crippen molar-refractivity contribution in [3.63, 3.8) is 0 Å². The SMILES string of the molecule is CCN(CC)CCN1CN(c2ccccc2)C2(CCN(C(=O)C(Cc3ccccc3)NC(=O)C3CCNCC3)CC2)C1=O. The van der Waals surface area contributed by atoms with E-state index in [-0.39, 0.29) is 23.6 Å². The maximum atomic E-state index is 14.1. The molecule has 3 fully saturated rings. The predicted molar refractivity (Wildman–Crippen MR) is 170 cm³/mol. The summed E-state index contributed by atoms with van der Waals surface area (Å²) in [4.78, 5) is 49.9. The van der Waals surface area contributed by atoms with E-state index in [1.165, 1.54) is 0 Å². The second-order valence-electron chi connectivity index (χ2n) is 12.1. The van der Waals surface area contributed by atoms with Crippen LogP contribution in [0.15, 0.2) is 60.7 Å². The average Bonchev–Trinajstić information content (AvgIpc) is 3.32. The largest absolute Gasteiger partial charge is 0.344 e. The number of benzene rings is 2. The van der Waals surface area contributed by atoms with E-state index in [1.54, 1.807) is 0 Å². The van der Waals surface area contributed by atoms with Gasteiger partial charge in [0, 0.05) is 44.2 Å². The van der Waals surface area contributed by atoms with E-state index in [0.29, 0.717) is 45.6 Å². The second-order valence-corrected chi connectivity index (χ2v) is 12.1. The van der Waals surface area contributed by atoms with Crippen molar-refractivity contribution in [1.29, 1.82) is 0 Å². The Morgan fingerprint density at radius 1 is 0.977 bits per heavy atom. The maximum absolute atomic E-state index is 14.1. The van der Waals surface area contributed by atoms with E-state index in [4.69, 9.17) is 0 Å². The minimum atomic E-state index is -0.672. The molecule has 0 aromatic heterocycles. The molecule has 0 radical (unpaired) electrons. The van der Waals surface area contributed by atoms with Crippen LogP contribution in [0.1, 0.15) is 45.1 Å². The van der Waals surface area contributed by atoms with E-state index in [9.17, 15) is 14.4 Å². The van der Waals surface area contributed by atoms with Crippen molar-refractivity contribution >= 4 is 23.4 Å². The zero-order valence-electron chi connectivity index (χ0n) is 25.8. The highest BCUT2D eigenvalue weighted by molar-refractivity contribution is 5.94. The quantitative estimate of drug-likeness (QED) is 0.420.